The zero-order valence-electron chi connectivity index (χ0n) is 12.0. The smallest absolute Gasteiger partial charge is 0.220 e. The highest BCUT2D eigenvalue weighted by Crippen LogP contribution is 2.25. The summed E-state index contributed by atoms with van der Waals surface area (Å²) in [5.74, 6) is 0.0407. The van der Waals surface area contributed by atoms with Gasteiger partial charge in [0.05, 0.1) is 5.69 Å². The van der Waals surface area contributed by atoms with Crippen LogP contribution < -0.4 is 11.5 Å². The van der Waals surface area contributed by atoms with Crippen molar-refractivity contribution in [1.29, 1.82) is 0 Å². The lowest BCUT2D eigenvalue weighted by atomic mass is 9.98. The second kappa shape index (κ2) is 6.18. The molecule has 0 atom stereocenters. The fourth-order valence-corrected chi connectivity index (χ4v) is 2.47. The Kier molecular flexibility index (Phi) is 4.08. The largest absolute Gasteiger partial charge is 0.398 e. The van der Waals surface area contributed by atoms with E-state index < -0.39 is 0 Å². The standard InChI is InChI=1S/C17H13BrN4O/c18-12-4-1-10(2-5-12)16(23)13-9-11(3-6-14(13)19)15-7-8-21-17(20)22-15/h1-9H,19H2,(H2,20,21,22). The van der Waals surface area contributed by atoms with Crippen LogP contribution in [0.5, 0.6) is 0 Å². The van der Waals surface area contributed by atoms with Gasteiger partial charge in [0.25, 0.3) is 0 Å². The van der Waals surface area contributed by atoms with E-state index in [0.29, 0.717) is 22.5 Å². The lowest BCUT2D eigenvalue weighted by Crippen LogP contribution is -2.06. The van der Waals surface area contributed by atoms with Gasteiger partial charge < -0.3 is 11.5 Å². The quantitative estimate of drug-likeness (QED) is 0.546. The first-order valence-corrected chi connectivity index (χ1v) is 7.62. The number of hydrogen-bond donors (Lipinski definition) is 2. The third-order valence-corrected chi connectivity index (χ3v) is 3.90. The molecule has 2 aromatic carbocycles. The maximum Gasteiger partial charge on any atom is 0.220 e. The van der Waals surface area contributed by atoms with Gasteiger partial charge in [-0.25, -0.2) is 9.97 Å². The third-order valence-electron chi connectivity index (χ3n) is 3.37. The Morgan fingerprint density at radius 1 is 1.00 bits per heavy atom. The Balaban J connectivity index is 2.04. The summed E-state index contributed by atoms with van der Waals surface area (Å²) in [6, 6.07) is 14.1. The highest BCUT2D eigenvalue weighted by molar-refractivity contribution is 9.10. The van der Waals surface area contributed by atoms with Crippen molar-refractivity contribution in [2.24, 2.45) is 0 Å². The number of halogens is 1. The molecule has 5 nitrogen and oxygen atoms in total. The maximum atomic E-state index is 12.7. The molecule has 6 heteroatoms. The van der Waals surface area contributed by atoms with Crippen LogP contribution in [-0.4, -0.2) is 15.8 Å². The van der Waals surface area contributed by atoms with Crippen molar-refractivity contribution < 1.29 is 4.79 Å². The van der Waals surface area contributed by atoms with Gasteiger partial charge in [0, 0.05) is 33.0 Å². The molecule has 23 heavy (non-hydrogen) atoms. The molecule has 0 aliphatic heterocycles. The molecular formula is C17H13BrN4O. The number of ketones is 1. The van der Waals surface area contributed by atoms with Crippen molar-refractivity contribution >= 4 is 33.3 Å². The fourth-order valence-electron chi connectivity index (χ4n) is 2.20. The SMILES string of the molecule is Nc1nccc(-c2ccc(N)c(C(=O)c3ccc(Br)cc3)c2)n1. The first-order valence-electron chi connectivity index (χ1n) is 6.83. The molecule has 0 saturated heterocycles. The second-order valence-corrected chi connectivity index (χ2v) is 5.85. The van der Waals surface area contributed by atoms with Crippen molar-refractivity contribution in [2.75, 3.05) is 11.5 Å². The minimum Gasteiger partial charge on any atom is -0.398 e. The topological polar surface area (TPSA) is 94.9 Å². The summed E-state index contributed by atoms with van der Waals surface area (Å²) in [4.78, 5) is 20.7. The van der Waals surface area contributed by atoms with Crippen molar-refractivity contribution in [3.05, 3.63) is 70.3 Å². The van der Waals surface area contributed by atoms with Crippen LogP contribution in [0.15, 0.2) is 59.2 Å². The van der Waals surface area contributed by atoms with Gasteiger partial charge in [-0.2, -0.15) is 0 Å². The van der Waals surface area contributed by atoms with Crippen LogP contribution in [0.1, 0.15) is 15.9 Å². The van der Waals surface area contributed by atoms with E-state index in [4.69, 9.17) is 11.5 Å². The first kappa shape index (κ1) is 15.2. The summed E-state index contributed by atoms with van der Waals surface area (Å²) >= 11 is 3.35. The predicted octanol–water partition coefficient (Wildman–Crippen LogP) is 3.30. The summed E-state index contributed by atoms with van der Waals surface area (Å²) in [5.41, 5.74) is 14.4. The molecule has 1 aromatic heterocycles. The van der Waals surface area contributed by atoms with E-state index in [9.17, 15) is 4.79 Å². The molecule has 0 spiro atoms. The van der Waals surface area contributed by atoms with Gasteiger partial charge in [-0.1, -0.05) is 22.0 Å². The molecule has 4 N–H and O–H groups in total. The van der Waals surface area contributed by atoms with E-state index in [2.05, 4.69) is 25.9 Å². The minimum atomic E-state index is -0.140. The highest BCUT2D eigenvalue weighted by Gasteiger charge is 2.14. The minimum absolute atomic E-state index is 0.140. The maximum absolute atomic E-state index is 12.7. The number of anilines is 2. The molecule has 0 aliphatic rings. The summed E-state index contributed by atoms with van der Waals surface area (Å²) in [5, 5.41) is 0. The number of nitrogens with two attached hydrogens (primary N) is 2. The van der Waals surface area contributed by atoms with E-state index in [1.165, 1.54) is 0 Å². The second-order valence-electron chi connectivity index (χ2n) is 4.94. The fraction of sp³-hybridized carbons (Fsp3) is 0. The number of carbonyl (C=O) groups is 1. The number of hydrogen-bond acceptors (Lipinski definition) is 5. The molecule has 3 aromatic rings. The number of rotatable bonds is 3. The Morgan fingerprint density at radius 3 is 2.43 bits per heavy atom. The van der Waals surface area contributed by atoms with E-state index in [1.807, 2.05) is 12.1 Å². The monoisotopic (exact) mass is 368 g/mol. The van der Waals surface area contributed by atoms with Gasteiger partial charge in [0.2, 0.25) is 5.95 Å². The van der Waals surface area contributed by atoms with Gasteiger partial charge in [-0.3, -0.25) is 4.79 Å². The van der Waals surface area contributed by atoms with Crippen LogP contribution in [0.2, 0.25) is 0 Å². The molecule has 0 fully saturated rings. The molecule has 1 heterocycles. The molecule has 0 saturated carbocycles. The highest BCUT2D eigenvalue weighted by atomic mass is 79.9. The van der Waals surface area contributed by atoms with Crippen LogP contribution >= 0.6 is 15.9 Å². The van der Waals surface area contributed by atoms with Crippen LogP contribution in [0.3, 0.4) is 0 Å². The van der Waals surface area contributed by atoms with Gasteiger partial charge in [0.1, 0.15) is 0 Å². The van der Waals surface area contributed by atoms with E-state index in [-0.39, 0.29) is 11.7 Å². The average molecular weight is 369 g/mol. The number of carbonyl (C=O) groups excluding carboxylic acids is 1. The number of nitrogens with zero attached hydrogens (tertiary/aromatic N) is 2. The average Bonchev–Trinajstić information content (AvgIpc) is 2.55. The van der Waals surface area contributed by atoms with Crippen LogP contribution in [-0.2, 0) is 0 Å². The first-order chi connectivity index (χ1) is 11.0. The van der Waals surface area contributed by atoms with E-state index in [1.54, 1.807) is 42.6 Å². The summed E-state index contributed by atoms with van der Waals surface area (Å²) in [7, 11) is 0. The molecule has 0 amide bonds. The van der Waals surface area contributed by atoms with Crippen molar-refractivity contribution in [1.82, 2.24) is 9.97 Å². The molecular weight excluding hydrogens is 356 g/mol. The van der Waals surface area contributed by atoms with Gasteiger partial charge in [-0.05, 0) is 42.5 Å². The molecule has 0 unspecified atom stereocenters. The normalized spacial score (nSPS) is 10.5. The van der Waals surface area contributed by atoms with Crippen LogP contribution in [0.4, 0.5) is 11.6 Å². The van der Waals surface area contributed by atoms with Crippen molar-refractivity contribution in [3.63, 3.8) is 0 Å². The molecule has 3 rings (SSSR count). The zero-order chi connectivity index (χ0) is 16.4. The number of nitrogen functional groups attached to an aromatic ring is 2. The lowest BCUT2D eigenvalue weighted by Gasteiger charge is -2.08. The van der Waals surface area contributed by atoms with Crippen molar-refractivity contribution in [3.8, 4) is 11.3 Å². The van der Waals surface area contributed by atoms with E-state index >= 15 is 0 Å². The van der Waals surface area contributed by atoms with E-state index in [0.717, 1.165) is 10.0 Å². The van der Waals surface area contributed by atoms with Gasteiger partial charge >= 0.3 is 0 Å². The molecule has 114 valence electrons. The van der Waals surface area contributed by atoms with Crippen LogP contribution in [0.25, 0.3) is 11.3 Å². The third kappa shape index (κ3) is 3.22. The summed E-state index contributed by atoms with van der Waals surface area (Å²) in [6.07, 6.45) is 1.57. The lowest BCUT2D eigenvalue weighted by molar-refractivity contribution is 0.103. The number of aromatic nitrogens is 2. The Labute approximate surface area is 141 Å². The summed E-state index contributed by atoms with van der Waals surface area (Å²) < 4.78 is 0.909. The predicted molar refractivity (Wildman–Crippen MR) is 93.9 cm³/mol. The number of benzene rings is 2. The zero-order valence-corrected chi connectivity index (χ0v) is 13.6. The Hall–Kier alpha value is -2.73. The van der Waals surface area contributed by atoms with Crippen LogP contribution in [0, 0.1) is 0 Å². The van der Waals surface area contributed by atoms with Crippen molar-refractivity contribution in [2.45, 2.75) is 0 Å². The molecule has 0 aliphatic carbocycles. The van der Waals surface area contributed by atoms with Gasteiger partial charge in [0.15, 0.2) is 5.78 Å². The Bertz CT molecular complexity index is 878. The van der Waals surface area contributed by atoms with Gasteiger partial charge in [-0.15, -0.1) is 0 Å². The summed E-state index contributed by atoms with van der Waals surface area (Å²) in [6.45, 7) is 0. The Morgan fingerprint density at radius 2 is 1.74 bits per heavy atom. The molecule has 0 bridgehead atoms. The molecule has 0 radical (unpaired) electrons.